The van der Waals surface area contributed by atoms with Crippen molar-refractivity contribution in [2.24, 2.45) is 0 Å². The number of carbonyl (C=O) groups is 1. The summed E-state index contributed by atoms with van der Waals surface area (Å²) in [7, 11) is 0. The second-order valence-electron chi connectivity index (χ2n) is 7.83. The first-order valence-electron chi connectivity index (χ1n) is 9.32. The molecular weight excluding hydrogens is 466 g/mol. The van der Waals surface area contributed by atoms with Gasteiger partial charge in [0.25, 0.3) is 5.56 Å². The first-order valence-corrected chi connectivity index (χ1v) is 11.0. The zero-order chi connectivity index (χ0) is 21.5. The molecule has 3 aromatic heterocycles. The number of hydrogen-bond acceptors (Lipinski definition) is 5. The number of hydrogen-bond donors (Lipinski definition) is 1. The van der Waals surface area contributed by atoms with Crippen molar-refractivity contribution < 1.29 is 4.79 Å². The summed E-state index contributed by atoms with van der Waals surface area (Å²) in [6.07, 6.45) is 1.68. The number of fused-ring (bicyclic) bond motifs is 1. The normalized spacial score (nSPS) is 11.7. The van der Waals surface area contributed by atoms with Crippen molar-refractivity contribution in [2.45, 2.75) is 32.9 Å². The minimum absolute atomic E-state index is 0.196. The predicted octanol–water partition coefficient (Wildman–Crippen LogP) is 4.48. The van der Waals surface area contributed by atoms with Crippen molar-refractivity contribution in [1.29, 1.82) is 0 Å². The Morgan fingerprint density at radius 3 is 2.57 bits per heavy atom. The molecule has 4 rings (SSSR count). The summed E-state index contributed by atoms with van der Waals surface area (Å²) in [4.78, 5) is 26.8. The highest BCUT2D eigenvalue weighted by molar-refractivity contribution is 9.10. The highest BCUT2D eigenvalue weighted by Crippen LogP contribution is 2.30. The van der Waals surface area contributed by atoms with E-state index in [1.165, 1.54) is 16.0 Å². The highest BCUT2D eigenvalue weighted by Gasteiger charge is 2.24. The molecule has 1 aromatic carbocycles. The molecule has 30 heavy (non-hydrogen) atoms. The van der Waals surface area contributed by atoms with E-state index in [-0.39, 0.29) is 18.0 Å². The molecule has 154 valence electrons. The fourth-order valence-electron chi connectivity index (χ4n) is 3.15. The second-order valence-corrected chi connectivity index (χ2v) is 9.70. The number of rotatable bonds is 4. The van der Waals surface area contributed by atoms with Gasteiger partial charge in [0.1, 0.15) is 17.8 Å². The van der Waals surface area contributed by atoms with Crippen LogP contribution in [0.3, 0.4) is 0 Å². The third kappa shape index (κ3) is 3.95. The van der Waals surface area contributed by atoms with Crippen molar-refractivity contribution in [3.05, 3.63) is 62.8 Å². The van der Waals surface area contributed by atoms with Crippen LogP contribution in [0.4, 0.5) is 5.69 Å². The molecule has 0 atom stereocenters. The Kier molecular flexibility index (Phi) is 5.33. The average molecular weight is 486 g/mol. The number of anilines is 1. The molecule has 0 radical (unpaired) electrons. The van der Waals surface area contributed by atoms with E-state index < -0.39 is 5.54 Å². The maximum Gasteiger partial charge on any atom is 0.293 e. The fraction of sp³-hybridized carbons (Fsp3) is 0.238. The molecule has 0 unspecified atom stereocenters. The molecule has 1 amide bonds. The van der Waals surface area contributed by atoms with Gasteiger partial charge in [0.05, 0.1) is 22.0 Å². The molecule has 4 aromatic rings. The van der Waals surface area contributed by atoms with Gasteiger partial charge in [0.15, 0.2) is 0 Å². The summed E-state index contributed by atoms with van der Waals surface area (Å²) in [6.45, 7) is 5.75. The van der Waals surface area contributed by atoms with Gasteiger partial charge < -0.3 is 5.32 Å². The van der Waals surface area contributed by atoms with Gasteiger partial charge in [-0.05, 0) is 56.5 Å². The number of nitrogens with zero attached hydrogens (tertiary/aromatic N) is 4. The van der Waals surface area contributed by atoms with Crippen molar-refractivity contribution in [2.75, 3.05) is 5.32 Å². The molecule has 0 saturated carbocycles. The van der Waals surface area contributed by atoms with Crippen LogP contribution in [0.2, 0.25) is 0 Å². The van der Waals surface area contributed by atoms with Crippen LogP contribution in [0.25, 0.3) is 21.5 Å². The van der Waals surface area contributed by atoms with Crippen molar-refractivity contribution >= 4 is 49.8 Å². The Morgan fingerprint density at radius 1 is 1.20 bits per heavy atom. The van der Waals surface area contributed by atoms with Crippen LogP contribution in [-0.2, 0) is 16.9 Å². The van der Waals surface area contributed by atoms with Crippen LogP contribution in [0.5, 0.6) is 0 Å². The molecule has 0 spiro atoms. The Labute approximate surface area is 185 Å². The van der Waals surface area contributed by atoms with Crippen molar-refractivity contribution in [3.63, 3.8) is 0 Å². The van der Waals surface area contributed by atoms with E-state index in [4.69, 9.17) is 0 Å². The minimum atomic E-state index is -0.396. The number of carbonyl (C=O) groups excluding carboxylic acids is 1. The molecule has 0 aliphatic rings. The molecule has 7 nitrogen and oxygen atoms in total. The van der Waals surface area contributed by atoms with Gasteiger partial charge in [-0.15, -0.1) is 11.3 Å². The van der Waals surface area contributed by atoms with Crippen LogP contribution in [0.1, 0.15) is 20.8 Å². The number of amides is 1. The van der Waals surface area contributed by atoms with Crippen LogP contribution in [0.15, 0.2) is 57.2 Å². The monoisotopic (exact) mass is 485 g/mol. The molecule has 0 fully saturated rings. The van der Waals surface area contributed by atoms with Gasteiger partial charge in [-0.3, -0.25) is 14.3 Å². The predicted molar refractivity (Wildman–Crippen MR) is 123 cm³/mol. The maximum absolute atomic E-state index is 13.3. The largest absolute Gasteiger partial charge is 0.324 e. The molecule has 0 bridgehead atoms. The third-order valence-corrected chi connectivity index (χ3v) is 5.90. The van der Waals surface area contributed by atoms with Gasteiger partial charge >= 0.3 is 0 Å². The topological polar surface area (TPSA) is 81.8 Å². The summed E-state index contributed by atoms with van der Waals surface area (Å²) >= 11 is 4.89. The third-order valence-electron chi connectivity index (χ3n) is 4.49. The van der Waals surface area contributed by atoms with Gasteiger partial charge in [0, 0.05) is 10.2 Å². The van der Waals surface area contributed by atoms with E-state index in [9.17, 15) is 9.59 Å². The molecule has 3 heterocycles. The van der Waals surface area contributed by atoms with E-state index in [1.54, 1.807) is 23.0 Å². The number of aromatic nitrogens is 4. The van der Waals surface area contributed by atoms with Gasteiger partial charge in [-0.1, -0.05) is 22.0 Å². The minimum Gasteiger partial charge on any atom is -0.324 e. The summed E-state index contributed by atoms with van der Waals surface area (Å²) in [5.74, 6) is -0.328. The van der Waals surface area contributed by atoms with Crippen molar-refractivity contribution in [3.8, 4) is 10.6 Å². The molecule has 1 N–H and O–H groups in total. The first kappa shape index (κ1) is 20.5. The van der Waals surface area contributed by atoms with Crippen LogP contribution < -0.4 is 10.9 Å². The fourth-order valence-corrected chi connectivity index (χ4v) is 4.14. The quantitative estimate of drug-likeness (QED) is 0.461. The maximum atomic E-state index is 13.3. The lowest BCUT2D eigenvalue weighted by Gasteiger charge is -2.20. The van der Waals surface area contributed by atoms with E-state index in [0.717, 1.165) is 9.35 Å². The van der Waals surface area contributed by atoms with Gasteiger partial charge in [-0.25, -0.2) is 4.68 Å². The number of benzene rings is 1. The highest BCUT2D eigenvalue weighted by atomic mass is 79.9. The van der Waals surface area contributed by atoms with Crippen molar-refractivity contribution in [1.82, 2.24) is 19.6 Å². The van der Waals surface area contributed by atoms with E-state index in [0.29, 0.717) is 22.3 Å². The number of nitrogens with one attached hydrogen (secondary N) is 1. The Balaban J connectivity index is 1.79. The zero-order valence-electron chi connectivity index (χ0n) is 16.7. The lowest BCUT2D eigenvalue weighted by molar-refractivity contribution is -0.117. The SMILES string of the molecule is CC(C)(C)n1ncc2c(-c3cccs3)nn(CC(=O)Nc3ccc(Br)cc3)c(=O)c21. The first-order chi connectivity index (χ1) is 14.2. The zero-order valence-corrected chi connectivity index (χ0v) is 19.1. The van der Waals surface area contributed by atoms with E-state index >= 15 is 0 Å². The summed E-state index contributed by atoms with van der Waals surface area (Å²) < 4.78 is 3.84. The summed E-state index contributed by atoms with van der Waals surface area (Å²) in [5.41, 5.74) is 0.995. The van der Waals surface area contributed by atoms with Crippen LogP contribution >= 0.6 is 27.3 Å². The summed E-state index contributed by atoms with van der Waals surface area (Å²) in [6, 6.07) is 11.1. The number of halogens is 1. The lowest BCUT2D eigenvalue weighted by Crippen LogP contribution is -2.33. The van der Waals surface area contributed by atoms with Gasteiger partial charge in [-0.2, -0.15) is 10.2 Å². The van der Waals surface area contributed by atoms with E-state index in [1.807, 2.05) is 50.4 Å². The van der Waals surface area contributed by atoms with E-state index in [2.05, 4.69) is 31.4 Å². The Morgan fingerprint density at radius 2 is 1.93 bits per heavy atom. The smallest absolute Gasteiger partial charge is 0.293 e. The second kappa shape index (κ2) is 7.81. The molecule has 0 aliphatic carbocycles. The Bertz CT molecular complexity index is 1270. The number of thiophene rings is 1. The average Bonchev–Trinajstić information content (AvgIpc) is 3.35. The van der Waals surface area contributed by atoms with Crippen LogP contribution in [-0.4, -0.2) is 25.5 Å². The van der Waals surface area contributed by atoms with Gasteiger partial charge in [0.2, 0.25) is 5.91 Å². The molecular formula is C21H20BrN5O2S. The molecule has 0 saturated heterocycles. The molecule has 0 aliphatic heterocycles. The lowest BCUT2D eigenvalue weighted by atomic mass is 10.1. The Hall–Kier alpha value is -2.78. The standard InChI is InChI=1S/C21H20BrN5O2S/c1-21(2,3)27-19-15(11-23-27)18(16-5-4-10-30-16)25-26(20(19)29)12-17(28)24-14-8-6-13(22)7-9-14/h4-11H,12H2,1-3H3,(H,24,28). The molecule has 9 heteroatoms. The summed E-state index contributed by atoms with van der Waals surface area (Å²) in [5, 5.41) is 14.4. The van der Waals surface area contributed by atoms with Crippen LogP contribution in [0, 0.1) is 0 Å².